The zero-order valence-corrected chi connectivity index (χ0v) is 10.8. The highest BCUT2D eigenvalue weighted by molar-refractivity contribution is 5.86. The normalized spacial score (nSPS) is 20.0. The van der Waals surface area contributed by atoms with E-state index in [1.165, 1.54) is 12.8 Å². The van der Waals surface area contributed by atoms with Crippen LogP contribution in [0.2, 0.25) is 0 Å². The first-order valence-corrected chi connectivity index (χ1v) is 6.40. The van der Waals surface area contributed by atoms with E-state index in [-0.39, 0.29) is 0 Å². The fourth-order valence-corrected chi connectivity index (χ4v) is 2.49. The summed E-state index contributed by atoms with van der Waals surface area (Å²) in [6.45, 7) is 2.02. The SMILES string of the molecule is CN1CCCC1CNc1nc(NN)nc2[nH]ncc12. The van der Waals surface area contributed by atoms with Gasteiger partial charge in [-0.1, -0.05) is 0 Å². The molecule has 19 heavy (non-hydrogen) atoms. The maximum Gasteiger partial charge on any atom is 0.241 e. The summed E-state index contributed by atoms with van der Waals surface area (Å²) in [6, 6.07) is 0.547. The van der Waals surface area contributed by atoms with Crippen LogP contribution in [0.15, 0.2) is 6.20 Å². The third-order valence-electron chi connectivity index (χ3n) is 3.62. The maximum atomic E-state index is 5.37. The van der Waals surface area contributed by atoms with Crippen LogP contribution in [0.25, 0.3) is 11.0 Å². The first kappa shape index (κ1) is 12.1. The lowest BCUT2D eigenvalue weighted by Crippen LogP contribution is -2.31. The van der Waals surface area contributed by atoms with Gasteiger partial charge in [-0.25, -0.2) is 5.84 Å². The van der Waals surface area contributed by atoms with Gasteiger partial charge in [-0.2, -0.15) is 15.1 Å². The molecular formula is C11H18N8. The van der Waals surface area contributed by atoms with Crippen molar-refractivity contribution in [2.75, 3.05) is 30.9 Å². The van der Waals surface area contributed by atoms with Gasteiger partial charge < -0.3 is 10.2 Å². The molecule has 0 aromatic carbocycles. The van der Waals surface area contributed by atoms with Crippen molar-refractivity contribution in [1.82, 2.24) is 25.1 Å². The molecule has 3 heterocycles. The number of hydrogen-bond acceptors (Lipinski definition) is 7. The molecule has 3 rings (SSSR count). The van der Waals surface area contributed by atoms with Crippen molar-refractivity contribution in [2.24, 2.45) is 5.84 Å². The second-order valence-corrected chi connectivity index (χ2v) is 4.83. The van der Waals surface area contributed by atoms with E-state index in [1.807, 2.05) is 0 Å². The average Bonchev–Trinajstić information content (AvgIpc) is 3.04. The van der Waals surface area contributed by atoms with Gasteiger partial charge in [-0.15, -0.1) is 0 Å². The zero-order valence-electron chi connectivity index (χ0n) is 10.8. The Morgan fingerprint density at radius 2 is 2.42 bits per heavy atom. The van der Waals surface area contributed by atoms with Crippen molar-refractivity contribution >= 4 is 22.8 Å². The molecule has 1 atom stereocenters. The topological polar surface area (TPSA) is 108 Å². The predicted octanol–water partition coefficient (Wildman–Crippen LogP) is 0.145. The molecule has 1 aliphatic heterocycles. The number of hydrazine groups is 1. The summed E-state index contributed by atoms with van der Waals surface area (Å²) in [7, 11) is 2.15. The number of likely N-dealkylation sites (tertiary alicyclic amines) is 1. The van der Waals surface area contributed by atoms with Crippen molar-refractivity contribution in [2.45, 2.75) is 18.9 Å². The molecule has 102 valence electrons. The molecule has 0 radical (unpaired) electrons. The van der Waals surface area contributed by atoms with Crippen LogP contribution in [0, 0.1) is 0 Å². The van der Waals surface area contributed by atoms with Crippen LogP contribution >= 0.6 is 0 Å². The number of rotatable bonds is 4. The highest BCUT2D eigenvalue weighted by Crippen LogP contribution is 2.21. The van der Waals surface area contributed by atoms with E-state index >= 15 is 0 Å². The molecule has 0 bridgehead atoms. The van der Waals surface area contributed by atoms with Gasteiger partial charge in [0.15, 0.2) is 5.65 Å². The van der Waals surface area contributed by atoms with E-state index in [2.05, 4.69) is 42.9 Å². The number of nitrogens with zero attached hydrogens (tertiary/aromatic N) is 4. The number of aromatic nitrogens is 4. The van der Waals surface area contributed by atoms with E-state index in [9.17, 15) is 0 Å². The van der Waals surface area contributed by atoms with Gasteiger partial charge in [0.05, 0.1) is 11.6 Å². The Labute approximate surface area is 110 Å². The lowest BCUT2D eigenvalue weighted by atomic mass is 10.2. The van der Waals surface area contributed by atoms with Crippen LogP contribution in [0.4, 0.5) is 11.8 Å². The molecule has 1 saturated heterocycles. The fourth-order valence-electron chi connectivity index (χ4n) is 2.49. The van der Waals surface area contributed by atoms with Crippen LogP contribution < -0.4 is 16.6 Å². The molecule has 1 aliphatic rings. The summed E-state index contributed by atoms with van der Waals surface area (Å²) in [5, 5.41) is 11.1. The summed E-state index contributed by atoms with van der Waals surface area (Å²) < 4.78 is 0. The van der Waals surface area contributed by atoms with Crippen molar-refractivity contribution in [1.29, 1.82) is 0 Å². The van der Waals surface area contributed by atoms with Crippen LogP contribution in [0.5, 0.6) is 0 Å². The number of nitrogen functional groups attached to an aromatic ring is 1. The van der Waals surface area contributed by atoms with Crippen molar-refractivity contribution in [3.05, 3.63) is 6.20 Å². The van der Waals surface area contributed by atoms with Gasteiger partial charge in [0.25, 0.3) is 0 Å². The second-order valence-electron chi connectivity index (χ2n) is 4.83. The maximum absolute atomic E-state index is 5.37. The minimum absolute atomic E-state index is 0.374. The lowest BCUT2D eigenvalue weighted by molar-refractivity contribution is 0.322. The Bertz CT molecular complexity index is 565. The molecule has 8 heteroatoms. The number of aromatic amines is 1. The first-order valence-electron chi connectivity index (χ1n) is 6.40. The Morgan fingerprint density at radius 1 is 1.53 bits per heavy atom. The first-order chi connectivity index (χ1) is 9.28. The van der Waals surface area contributed by atoms with Crippen LogP contribution in [-0.2, 0) is 0 Å². The van der Waals surface area contributed by atoms with Gasteiger partial charge in [0.1, 0.15) is 5.82 Å². The fraction of sp³-hybridized carbons (Fsp3) is 0.545. The standard InChI is InChI=1S/C11H18N8/c1-19-4-2-3-7(19)5-13-9-8-6-14-18-10(8)16-11(15-9)17-12/h6-7H,2-5,12H2,1H3,(H3,13,14,15,16,17,18). The quantitative estimate of drug-likeness (QED) is 0.458. The number of fused-ring (bicyclic) bond motifs is 1. The molecule has 8 nitrogen and oxygen atoms in total. The number of anilines is 2. The summed E-state index contributed by atoms with van der Waals surface area (Å²) >= 11 is 0. The molecule has 0 spiro atoms. The Hall–Kier alpha value is -1.93. The van der Waals surface area contributed by atoms with E-state index in [4.69, 9.17) is 5.84 Å². The minimum atomic E-state index is 0.374. The Balaban J connectivity index is 1.81. The Morgan fingerprint density at radius 3 is 3.16 bits per heavy atom. The molecule has 2 aromatic rings. The number of likely N-dealkylation sites (N-methyl/N-ethyl adjacent to an activating group) is 1. The highest BCUT2D eigenvalue weighted by Gasteiger charge is 2.21. The number of nitrogens with two attached hydrogens (primary N) is 1. The van der Waals surface area contributed by atoms with Gasteiger partial charge in [-0.3, -0.25) is 10.5 Å². The predicted molar refractivity (Wildman–Crippen MR) is 73.6 cm³/mol. The van der Waals surface area contributed by atoms with E-state index < -0.39 is 0 Å². The van der Waals surface area contributed by atoms with Crippen molar-refractivity contribution < 1.29 is 0 Å². The summed E-state index contributed by atoms with van der Waals surface area (Å²) in [5.41, 5.74) is 3.14. The average molecular weight is 262 g/mol. The number of H-pyrrole nitrogens is 1. The second kappa shape index (κ2) is 4.98. The monoisotopic (exact) mass is 262 g/mol. The van der Waals surface area contributed by atoms with Crippen molar-refractivity contribution in [3.8, 4) is 0 Å². The summed E-state index contributed by atoms with van der Waals surface area (Å²) in [4.78, 5) is 10.9. The number of nitrogens with one attached hydrogen (secondary N) is 3. The molecule has 5 N–H and O–H groups in total. The van der Waals surface area contributed by atoms with Crippen LogP contribution in [0.1, 0.15) is 12.8 Å². The van der Waals surface area contributed by atoms with Gasteiger partial charge in [0, 0.05) is 12.6 Å². The van der Waals surface area contributed by atoms with E-state index in [0.717, 1.165) is 24.3 Å². The lowest BCUT2D eigenvalue weighted by Gasteiger charge is -2.20. The van der Waals surface area contributed by atoms with Crippen LogP contribution in [0.3, 0.4) is 0 Å². The van der Waals surface area contributed by atoms with Crippen LogP contribution in [-0.4, -0.2) is 51.2 Å². The molecule has 1 unspecified atom stereocenters. The van der Waals surface area contributed by atoms with E-state index in [0.29, 0.717) is 17.6 Å². The smallest absolute Gasteiger partial charge is 0.241 e. The molecule has 0 saturated carbocycles. The molecule has 2 aromatic heterocycles. The van der Waals surface area contributed by atoms with Gasteiger partial charge >= 0.3 is 0 Å². The summed E-state index contributed by atoms with van der Waals surface area (Å²) in [5.74, 6) is 6.50. The molecule has 0 amide bonds. The highest BCUT2D eigenvalue weighted by atomic mass is 15.3. The number of hydrogen-bond donors (Lipinski definition) is 4. The van der Waals surface area contributed by atoms with Gasteiger partial charge in [0.2, 0.25) is 5.95 Å². The third-order valence-corrected chi connectivity index (χ3v) is 3.62. The Kier molecular flexibility index (Phi) is 3.18. The third kappa shape index (κ3) is 2.32. The molecule has 1 fully saturated rings. The van der Waals surface area contributed by atoms with E-state index in [1.54, 1.807) is 6.20 Å². The largest absolute Gasteiger partial charge is 0.368 e. The van der Waals surface area contributed by atoms with Gasteiger partial charge in [-0.05, 0) is 26.4 Å². The minimum Gasteiger partial charge on any atom is -0.368 e. The zero-order chi connectivity index (χ0) is 13.2. The molecule has 0 aliphatic carbocycles. The van der Waals surface area contributed by atoms with Crippen molar-refractivity contribution in [3.63, 3.8) is 0 Å². The summed E-state index contributed by atoms with van der Waals surface area (Å²) in [6.07, 6.45) is 4.19. The molecular weight excluding hydrogens is 244 g/mol.